The third-order valence-corrected chi connectivity index (χ3v) is 5.09. The third-order valence-electron chi connectivity index (χ3n) is 4.54. The van der Waals surface area contributed by atoms with E-state index in [-0.39, 0.29) is 23.4 Å². The van der Waals surface area contributed by atoms with Gasteiger partial charge in [0.1, 0.15) is 0 Å². The van der Waals surface area contributed by atoms with Crippen LogP contribution in [0.2, 0.25) is 10.0 Å². The number of rotatable bonds is 5. The maximum Gasteiger partial charge on any atom is 0.417 e. The molecule has 1 atom stereocenters. The minimum absolute atomic E-state index is 0.147. The molecule has 1 unspecified atom stereocenters. The van der Waals surface area contributed by atoms with Gasteiger partial charge in [0.15, 0.2) is 0 Å². The maximum absolute atomic E-state index is 13.6. The molecule has 2 aromatic rings. The summed E-state index contributed by atoms with van der Waals surface area (Å²) in [6, 6.07) is 8.03. The van der Waals surface area contributed by atoms with Crippen LogP contribution in [0.3, 0.4) is 0 Å². The number of carbonyl (C=O) groups is 1. The van der Waals surface area contributed by atoms with E-state index in [1.165, 1.54) is 12.1 Å². The highest BCUT2D eigenvalue weighted by molar-refractivity contribution is 6.36. The minimum atomic E-state index is -4.70. The Morgan fingerprint density at radius 2 is 1.93 bits per heavy atom. The van der Waals surface area contributed by atoms with Gasteiger partial charge in [0.25, 0.3) is 5.91 Å². The molecule has 1 saturated heterocycles. The van der Waals surface area contributed by atoms with Gasteiger partial charge >= 0.3 is 6.18 Å². The summed E-state index contributed by atoms with van der Waals surface area (Å²) < 4.78 is 46.2. The van der Waals surface area contributed by atoms with E-state index in [1.807, 2.05) is 0 Å². The lowest BCUT2D eigenvalue weighted by molar-refractivity contribution is -0.137. The molecule has 0 saturated carbocycles. The van der Waals surface area contributed by atoms with E-state index in [9.17, 15) is 18.0 Å². The molecule has 0 bridgehead atoms. The van der Waals surface area contributed by atoms with Crippen molar-refractivity contribution in [3.63, 3.8) is 0 Å². The van der Waals surface area contributed by atoms with E-state index >= 15 is 0 Å². The predicted molar refractivity (Wildman–Crippen MR) is 107 cm³/mol. The van der Waals surface area contributed by atoms with Crippen LogP contribution in [0.15, 0.2) is 36.4 Å². The fourth-order valence-electron chi connectivity index (χ4n) is 3.07. The number of anilines is 2. The van der Waals surface area contributed by atoms with Crippen LogP contribution in [0, 0.1) is 0 Å². The molecular weight excluding hydrogens is 428 g/mol. The van der Waals surface area contributed by atoms with Gasteiger partial charge in [0.2, 0.25) is 0 Å². The molecule has 3 rings (SSSR count). The first-order chi connectivity index (χ1) is 13.7. The third kappa shape index (κ3) is 5.78. The van der Waals surface area contributed by atoms with Gasteiger partial charge in [-0.1, -0.05) is 23.2 Å². The average molecular weight is 447 g/mol. The summed E-state index contributed by atoms with van der Waals surface area (Å²) in [5, 5.41) is 6.04. The molecule has 156 valence electrons. The van der Waals surface area contributed by atoms with E-state index < -0.39 is 23.2 Å². The molecule has 0 radical (unpaired) electrons. The van der Waals surface area contributed by atoms with E-state index in [4.69, 9.17) is 27.9 Å². The zero-order valence-corrected chi connectivity index (χ0v) is 16.8. The smallest absolute Gasteiger partial charge is 0.376 e. The number of nitrogens with one attached hydrogen (secondary N) is 2. The summed E-state index contributed by atoms with van der Waals surface area (Å²) in [6.45, 7) is 0.776. The predicted octanol–water partition coefficient (Wildman–Crippen LogP) is 6.05. The van der Waals surface area contributed by atoms with E-state index in [1.54, 1.807) is 12.1 Å². The van der Waals surface area contributed by atoms with Gasteiger partial charge in [-0.25, -0.2) is 0 Å². The topological polar surface area (TPSA) is 50.4 Å². The molecular formula is C20H19Cl2F3N2O2. The summed E-state index contributed by atoms with van der Waals surface area (Å²) in [7, 11) is 0. The summed E-state index contributed by atoms with van der Waals surface area (Å²) in [5.41, 5.74) is -0.930. The van der Waals surface area contributed by atoms with Gasteiger partial charge in [-0.15, -0.1) is 0 Å². The molecule has 0 aliphatic carbocycles. The number of hydrogen-bond acceptors (Lipinski definition) is 3. The zero-order chi connectivity index (χ0) is 21.0. The fraction of sp³-hybridized carbons (Fsp3) is 0.350. The van der Waals surface area contributed by atoms with Gasteiger partial charge < -0.3 is 15.4 Å². The Balaban J connectivity index is 1.79. The molecule has 0 aromatic heterocycles. The molecule has 2 aromatic carbocycles. The van der Waals surface area contributed by atoms with Crippen molar-refractivity contribution in [1.29, 1.82) is 0 Å². The van der Waals surface area contributed by atoms with Crippen molar-refractivity contribution in [2.24, 2.45) is 0 Å². The Hall–Kier alpha value is -1.96. The van der Waals surface area contributed by atoms with Gasteiger partial charge in [-0.2, -0.15) is 13.2 Å². The first kappa shape index (κ1) is 21.7. The van der Waals surface area contributed by atoms with Crippen LogP contribution in [0.1, 0.15) is 35.2 Å². The number of halogens is 5. The van der Waals surface area contributed by atoms with Crippen molar-refractivity contribution in [2.45, 2.75) is 31.5 Å². The lowest BCUT2D eigenvalue weighted by Gasteiger charge is -2.23. The van der Waals surface area contributed by atoms with Crippen molar-refractivity contribution in [2.75, 3.05) is 18.5 Å². The number of hydrogen-bond donors (Lipinski definition) is 2. The van der Waals surface area contributed by atoms with E-state index in [2.05, 4.69) is 10.6 Å². The van der Waals surface area contributed by atoms with Crippen LogP contribution in [0.5, 0.6) is 0 Å². The van der Waals surface area contributed by atoms with Crippen molar-refractivity contribution in [1.82, 2.24) is 5.32 Å². The van der Waals surface area contributed by atoms with Crippen LogP contribution in [-0.4, -0.2) is 25.2 Å². The molecule has 1 aliphatic heterocycles. The quantitative estimate of drug-likeness (QED) is 0.587. The van der Waals surface area contributed by atoms with Gasteiger partial charge in [0.05, 0.1) is 27.9 Å². The largest absolute Gasteiger partial charge is 0.417 e. The van der Waals surface area contributed by atoms with Crippen molar-refractivity contribution in [3.8, 4) is 0 Å². The molecule has 9 heteroatoms. The average Bonchev–Trinajstić information content (AvgIpc) is 2.68. The van der Waals surface area contributed by atoms with E-state index in [0.29, 0.717) is 17.3 Å². The second kappa shape index (κ2) is 9.24. The van der Waals surface area contributed by atoms with Gasteiger partial charge in [0, 0.05) is 23.9 Å². The number of ether oxygens (including phenoxy) is 1. The number of benzene rings is 2. The van der Waals surface area contributed by atoms with Crippen molar-refractivity contribution >= 4 is 40.5 Å². The molecule has 2 N–H and O–H groups in total. The Labute approximate surface area is 176 Å². The standard InChI is InChI=1S/C20H19Cl2F3N2O2/c21-12-4-7-18(17(22)9-12)27-13-5-6-15(16(10-13)20(23,24)25)19(28)26-11-14-3-1-2-8-29-14/h4-7,9-10,14,27H,1-3,8,11H2,(H,26,28). The summed E-state index contributed by atoms with van der Waals surface area (Å²) >= 11 is 11.9. The molecule has 1 aliphatic rings. The van der Waals surface area contributed by atoms with Crippen LogP contribution >= 0.6 is 23.2 Å². The van der Waals surface area contributed by atoms with Crippen molar-refractivity contribution in [3.05, 3.63) is 57.6 Å². The lowest BCUT2D eigenvalue weighted by Crippen LogP contribution is -2.36. The highest BCUT2D eigenvalue weighted by Gasteiger charge is 2.35. The molecule has 4 nitrogen and oxygen atoms in total. The highest BCUT2D eigenvalue weighted by Crippen LogP contribution is 2.35. The number of amides is 1. The van der Waals surface area contributed by atoms with Gasteiger partial charge in [-0.3, -0.25) is 4.79 Å². The SMILES string of the molecule is O=C(NCC1CCCCO1)c1ccc(Nc2ccc(Cl)cc2Cl)cc1C(F)(F)F. The van der Waals surface area contributed by atoms with Crippen molar-refractivity contribution < 1.29 is 22.7 Å². The Morgan fingerprint density at radius 1 is 1.14 bits per heavy atom. The van der Waals surface area contributed by atoms with Crippen LogP contribution in [-0.2, 0) is 10.9 Å². The number of carbonyl (C=O) groups excluding carboxylic acids is 1. The molecule has 1 fully saturated rings. The summed E-state index contributed by atoms with van der Waals surface area (Å²) in [5.74, 6) is -0.789. The van der Waals surface area contributed by atoms with Crippen LogP contribution < -0.4 is 10.6 Å². The Kier molecular flexibility index (Phi) is 6.93. The van der Waals surface area contributed by atoms with Gasteiger partial charge in [-0.05, 0) is 55.7 Å². The van der Waals surface area contributed by atoms with E-state index in [0.717, 1.165) is 31.4 Å². The Morgan fingerprint density at radius 3 is 2.59 bits per heavy atom. The molecule has 0 spiro atoms. The number of alkyl halides is 3. The minimum Gasteiger partial charge on any atom is -0.376 e. The normalized spacial score (nSPS) is 17.1. The summed E-state index contributed by atoms with van der Waals surface area (Å²) in [6.07, 6.45) is -2.17. The van der Waals surface area contributed by atoms with Crippen LogP contribution in [0.25, 0.3) is 0 Å². The highest BCUT2D eigenvalue weighted by atomic mass is 35.5. The second-order valence-corrected chi connectivity index (χ2v) is 7.55. The first-order valence-corrected chi connectivity index (χ1v) is 9.83. The maximum atomic E-state index is 13.6. The Bertz CT molecular complexity index is 885. The molecule has 29 heavy (non-hydrogen) atoms. The lowest BCUT2D eigenvalue weighted by atomic mass is 10.0. The monoisotopic (exact) mass is 446 g/mol. The second-order valence-electron chi connectivity index (χ2n) is 6.71. The zero-order valence-electron chi connectivity index (χ0n) is 15.3. The van der Waals surface area contributed by atoms with Crippen LogP contribution in [0.4, 0.5) is 24.5 Å². The molecule has 1 amide bonds. The fourth-order valence-corrected chi connectivity index (χ4v) is 3.53. The summed E-state index contributed by atoms with van der Waals surface area (Å²) in [4.78, 5) is 12.4. The first-order valence-electron chi connectivity index (χ1n) is 9.07. The molecule has 1 heterocycles.